The van der Waals surface area contributed by atoms with Crippen LogP contribution in [-0.2, 0) is 0 Å². The van der Waals surface area contributed by atoms with Gasteiger partial charge in [-0.2, -0.15) is 0 Å². The van der Waals surface area contributed by atoms with E-state index in [1.807, 2.05) is 38.1 Å². The van der Waals surface area contributed by atoms with Crippen molar-refractivity contribution in [3.8, 4) is 0 Å². The molecule has 29 heavy (non-hydrogen) atoms. The third-order valence-corrected chi connectivity index (χ3v) is 6.63. The summed E-state index contributed by atoms with van der Waals surface area (Å²) in [4.78, 5) is 18.6. The van der Waals surface area contributed by atoms with Gasteiger partial charge in [-0.05, 0) is 51.5 Å². The minimum absolute atomic E-state index is 0.101. The molecule has 1 unspecified atom stereocenters. The van der Waals surface area contributed by atoms with E-state index in [2.05, 4.69) is 10.3 Å². The summed E-state index contributed by atoms with van der Waals surface area (Å²) in [5.74, 6) is 0.0879. The lowest BCUT2D eigenvalue weighted by Crippen LogP contribution is -2.57. The summed E-state index contributed by atoms with van der Waals surface area (Å²) in [6, 6.07) is 9.42. The van der Waals surface area contributed by atoms with Crippen LogP contribution in [0.5, 0.6) is 0 Å². The number of carbonyl (C=O) groups is 1. The van der Waals surface area contributed by atoms with Gasteiger partial charge in [0.2, 0.25) is 0 Å². The van der Waals surface area contributed by atoms with Crippen LogP contribution in [0.15, 0.2) is 36.5 Å². The summed E-state index contributed by atoms with van der Waals surface area (Å²) >= 11 is 0. The third-order valence-electron chi connectivity index (χ3n) is 6.63. The third kappa shape index (κ3) is 4.22. The van der Waals surface area contributed by atoms with Crippen LogP contribution in [0.4, 0.5) is 9.18 Å². The number of aromatic nitrogens is 1. The van der Waals surface area contributed by atoms with Gasteiger partial charge in [-0.3, -0.25) is 4.98 Å². The van der Waals surface area contributed by atoms with Crippen LogP contribution in [0, 0.1) is 11.8 Å². The molecule has 0 bridgehead atoms. The molecule has 1 atom stereocenters. The highest BCUT2D eigenvalue weighted by Gasteiger charge is 2.39. The Bertz CT molecular complexity index is 863. The first-order valence-electron chi connectivity index (χ1n) is 10.6. The van der Waals surface area contributed by atoms with Crippen molar-refractivity contribution >= 4 is 16.9 Å². The summed E-state index contributed by atoms with van der Waals surface area (Å²) in [6.45, 7) is 4.57. The molecule has 156 valence electrons. The number of rotatable bonds is 4. The fraction of sp³-hybridized carbons (Fsp3) is 0.565. The minimum Gasteiger partial charge on any atom is -0.390 e. The zero-order valence-electron chi connectivity index (χ0n) is 17.1. The van der Waals surface area contributed by atoms with Crippen molar-refractivity contribution in [3.63, 3.8) is 0 Å². The molecule has 1 aliphatic heterocycles. The van der Waals surface area contributed by atoms with Gasteiger partial charge >= 0.3 is 6.03 Å². The van der Waals surface area contributed by atoms with Gasteiger partial charge in [0, 0.05) is 42.2 Å². The fourth-order valence-electron chi connectivity index (χ4n) is 4.68. The number of nitrogens with zero attached hydrogens (tertiary/aromatic N) is 2. The molecule has 5 nitrogen and oxygen atoms in total. The number of urea groups is 1. The molecule has 1 aromatic heterocycles. The van der Waals surface area contributed by atoms with Gasteiger partial charge in [0.05, 0.1) is 11.1 Å². The molecule has 2 fully saturated rings. The summed E-state index contributed by atoms with van der Waals surface area (Å²) in [6.07, 6.45) is 4.15. The predicted molar refractivity (Wildman–Crippen MR) is 111 cm³/mol. The van der Waals surface area contributed by atoms with Gasteiger partial charge in [-0.15, -0.1) is 0 Å². The van der Waals surface area contributed by atoms with Gasteiger partial charge in [0.15, 0.2) is 0 Å². The summed E-state index contributed by atoms with van der Waals surface area (Å²) in [5.41, 5.74) is 0.652. The highest BCUT2D eigenvalue weighted by atomic mass is 19.1. The number of aliphatic hydroxyl groups is 1. The number of alkyl halides is 1. The van der Waals surface area contributed by atoms with E-state index in [9.17, 15) is 9.90 Å². The van der Waals surface area contributed by atoms with E-state index in [4.69, 9.17) is 0 Å². The van der Waals surface area contributed by atoms with Crippen LogP contribution in [0.25, 0.3) is 10.9 Å². The number of amides is 2. The van der Waals surface area contributed by atoms with Crippen molar-refractivity contribution in [3.05, 3.63) is 42.1 Å². The average Bonchev–Trinajstić information content (AvgIpc) is 2.66. The SMILES string of the molecule is CC(C)(O)C1CCC(NC(=O)N2CC(C(F)c3cccc4cccnc34)C2)CC1. The van der Waals surface area contributed by atoms with Crippen molar-refractivity contribution in [2.24, 2.45) is 11.8 Å². The number of hydrogen-bond donors (Lipinski definition) is 2. The quantitative estimate of drug-likeness (QED) is 0.809. The van der Waals surface area contributed by atoms with E-state index in [1.165, 1.54) is 0 Å². The fourth-order valence-corrected chi connectivity index (χ4v) is 4.68. The Balaban J connectivity index is 1.29. The van der Waals surface area contributed by atoms with Crippen LogP contribution in [0.1, 0.15) is 51.3 Å². The molecule has 1 saturated carbocycles. The van der Waals surface area contributed by atoms with Crippen LogP contribution in [0.2, 0.25) is 0 Å². The summed E-state index contributed by atoms with van der Waals surface area (Å²) < 4.78 is 15.1. The van der Waals surface area contributed by atoms with E-state index in [0.717, 1.165) is 31.1 Å². The molecular formula is C23H30FN3O2. The van der Waals surface area contributed by atoms with Crippen LogP contribution < -0.4 is 5.32 Å². The number of benzene rings is 1. The molecule has 6 heteroatoms. The molecule has 1 saturated heterocycles. The smallest absolute Gasteiger partial charge is 0.317 e. The first-order chi connectivity index (χ1) is 13.8. The second kappa shape index (κ2) is 7.90. The van der Waals surface area contributed by atoms with Crippen LogP contribution in [0.3, 0.4) is 0 Å². The predicted octanol–water partition coefficient (Wildman–Crippen LogP) is 4.22. The lowest BCUT2D eigenvalue weighted by molar-refractivity contribution is -0.00297. The summed E-state index contributed by atoms with van der Waals surface area (Å²) in [7, 11) is 0. The zero-order chi connectivity index (χ0) is 20.6. The number of nitrogens with one attached hydrogen (secondary N) is 1. The number of fused-ring (bicyclic) bond motifs is 1. The maximum Gasteiger partial charge on any atom is 0.317 e. The monoisotopic (exact) mass is 399 g/mol. The molecular weight excluding hydrogens is 369 g/mol. The zero-order valence-corrected chi connectivity index (χ0v) is 17.1. The number of carbonyl (C=O) groups excluding carboxylic acids is 1. The Morgan fingerprint density at radius 3 is 2.59 bits per heavy atom. The Morgan fingerprint density at radius 2 is 1.90 bits per heavy atom. The number of halogens is 1. The minimum atomic E-state index is -1.13. The van der Waals surface area contributed by atoms with Crippen molar-refractivity contribution in [1.29, 1.82) is 0 Å². The first-order valence-corrected chi connectivity index (χ1v) is 10.6. The topological polar surface area (TPSA) is 65.5 Å². The molecule has 1 aromatic carbocycles. The van der Waals surface area contributed by atoms with Gasteiger partial charge in [0.1, 0.15) is 6.17 Å². The Labute approximate surface area is 171 Å². The van der Waals surface area contributed by atoms with E-state index >= 15 is 4.39 Å². The van der Waals surface area contributed by atoms with E-state index in [-0.39, 0.29) is 23.9 Å². The molecule has 2 aliphatic rings. The highest BCUT2D eigenvalue weighted by molar-refractivity contribution is 5.82. The first kappa shape index (κ1) is 20.1. The Hall–Kier alpha value is -2.21. The largest absolute Gasteiger partial charge is 0.390 e. The maximum atomic E-state index is 15.1. The Kier molecular flexibility index (Phi) is 5.47. The van der Waals surface area contributed by atoms with Crippen molar-refractivity contribution < 1.29 is 14.3 Å². The van der Waals surface area contributed by atoms with Crippen molar-refractivity contribution in [1.82, 2.24) is 15.2 Å². The van der Waals surface area contributed by atoms with E-state index in [0.29, 0.717) is 24.2 Å². The molecule has 2 amide bonds. The van der Waals surface area contributed by atoms with Gasteiger partial charge in [0.25, 0.3) is 0 Å². The molecule has 1 aliphatic carbocycles. The van der Waals surface area contributed by atoms with Crippen LogP contribution >= 0.6 is 0 Å². The van der Waals surface area contributed by atoms with Crippen LogP contribution in [-0.4, -0.2) is 45.8 Å². The second-order valence-electron chi connectivity index (χ2n) is 9.14. The number of likely N-dealkylation sites (tertiary alicyclic amines) is 1. The van der Waals surface area contributed by atoms with Gasteiger partial charge in [-0.25, -0.2) is 9.18 Å². The molecule has 2 heterocycles. The van der Waals surface area contributed by atoms with Gasteiger partial charge < -0.3 is 15.3 Å². The van der Waals surface area contributed by atoms with E-state index < -0.39 is 11.8 Å². The van der Waals surface area contributed by atoms with Gasteiger partial charge in [-0.1, -0.05) is 24.3 Å². The normalized spacial score (nSPS) is 24.2. The summed E-state index contributed by atoms with van der Waals surface area (Å²) in [5, 5.41) is 14.2. The highest BCUT2D eigenvalue weighted by Crippen LogP contribution is 2.36. The molecule has 0 spiro atoms. The lowest BCUT2D eigenvalue weighted by Gasteiger charge is -2.42. The van der Waals surface area contributed by atoms with E-state index in [1.54, 1.807) is 17.2 Å². The molecule has 0 radical (unpaired) electrons. The second-order valence-corrected chi connectivity index (χ2v) is 9.14. The maximum absolute atomic E-state index is 15.1. The van der Waals surface area contributed by atoms with Crippen molar-refractivity contribution in [2.45, 2.75) is 57.3 Å². The average molecular weight is 400 g/mol. The molecule has 2 N–H and O–H groups in total. The van der Waals surface area contributed by atoms with Crippen molar-refractivity contribution in [2.75, 3.05) is 13.1 Å². The standard InChI is InChI=1S/C23H30FN3O2/c1-23(2,29)17-8-10-18(11-9-17)26-22(28)27-13-16(14-27)20(24)19-7-3-5-15-6-4-12-25-21(15)19/h3-7,12,16-18,20,29H,8-11,13-14H2,1-2H3,(H,26,28). The lowest BCUT2D eigenvalue weighted by atomic mass is 9.77. The number of pyridine rings is 1. The molecule has 2 aromatic rings. The molecule has 4 rings (SSSR count). The number of para-hydroxylation sites is 1. The number of hydrogen-bond acceptors (Lipinski definition) is 3. The Morgan fingerprint density at radius 1 is 1.21 bits per heavy atom.